The van der Waals surface area contributed by atoms with E-state index >= 15 is 0 Å². The maximum atomic E-state index is 12.7. The summed E-state index contributed by atoms with van der Waals surface area (Å²) in [5, 5.41) is 15.1. The molecule has 170 valence electrons. The minimum atomic E-state index is -0.392. The molecule has 1 aromatic rings. The summed E-state index contributed by atoms with van der Waals surface area (Å²) in [6.45, 7) is 5.33. The molecule has 3 fully saturated rings. The average Bonchev–Trinajstić information content (AvgIpc) is 2.81. The van der Waals surface area contributed by atoms with Gasteiger partial charge in [0.2, 0.25) is 0 Å². The molecule has 0 unspecified atom stereocenters. The highest BCUT2D eigenvalue weighted by Crippen LogP contribution is 2.30. The second-order valence-corrected chi connectivity index (χ2v) is 9.12. The van der Waals surface area contributed by atoms with Gasteiger partial charge in [-0.2, -0.15) is 0 Å². The highest BCUT2D eigenvalue weighted by Gasteiger charge is 2.26. The number of carbonyl (C=O) groups is 1. The maximum absolute atomic E-state index is 12.7. The standard InChI is InChI=1S/C23H34N4O4/c28-23(26-12-14-31-15-13-26)19-6-7-21(22(16-19)27(29)30)24-20-8-10-25(11-9-20)17-18-4-2-1-3-5-18/h6-7,16,18,20,24H,1-5,8-15,17H2. The minimum absolute atomic E-state index is 0.0243. The van der Waals surface area contributed by atoms with Gasteiger partial charge >= 0.3 is 0 Å². The van der Waals surface area contributed by atoms with E-state index in [2.05, 4.69) is 10.2 Å². The molecule has 0 bridgehead atoms. The van der Waals surface area contributed by atoms with Crippen molar-refractivity contribution in [1.29, 1.82) is 0 Å². The molecule has 2 heterocycles. The van der Waals surface area contributed by atoms with Gasteiger partial charge in [-0.1, -0.05) is 19.3 Å². The van der Waals surface area contributed by atoms with Crippen LogP contribution in [-0.2, 0) is 4.74 Å². The van der Waals surface area contributed by atoms with Gasteiger partial charge in [-0.05, 0) is 43.7 Å². The fraction of sp³-hybridized carbons (Fsp3) is 0.696. The van der Waals surface area contributed by atoms with E-state index in [0.717, 1.165) is 31.8 Å². The molecule has 1 aliphatic carbocycles. The summed E-state index contributed by atoms with van der Waals surface area (Å²) in [6.07, 6.45) is 8.82. The maximum Gasteiger partial charge on any atom is 0.293 e. The summed E-state index contributed by atoms with van der Waals surface area (Å²) >= 11 is 0. The first-order valence-corrected chi connectivity index (χ1v) is 11.7. The van der Waals surface area contributed by atoms with Crippen LogP contribution in [0.25, 0.3) is 0 Å². The average molecular weight is 431 g/mol. The highest BCUT2D eigenvalue weighted by atomic mass is 16.6. The van der Waals surface area contributed by atoms with E-state index in [1.54, 1.807) is 17.0 Å². The zero-order valence-corrected chi connectivity index (χ0v) is 18.3. The number of anilines is 1. The van der Waals surface area contributed by atoms with Crippen molar-refractivity contribution >= 4 is 17.3 Å². The first kappa shape index (κ1) is 22.0. The van der Waals surface area contributed by atoms with Gasteiger partial charge in [-0.15, -0.1) is 0 Å². The zero-order chi connectivity index (χ0) is 21.6. The number of ether oxygens (including phenoxy) is 1. The molecule has 1 aromatic carbocycles. The number of morpholine rings is 1. The summed E-state index contributed by atoms with van der Waals surface area (Å²) in [7, 11) is 0. The Morgan fingerprint density at radius 1 is 1.06 bits per heavy atom. The van der Waals surface area contributed by atoms with Crippen molar-refractivity contribution in [2.45, 2.75) is 51.0 Å². The van der Waals surface area contributed by atoms with Crippen molar-refractivity contribution in [2.24, 2.45) is 5.92 Å². The Hall–Kier alpha value is -2.19. The van der Waals surface area contributed by atoms with Gasteiger partial charge in [0.15, 0.2) is 0 Å². The monoisotopic (exact) mass is 430 g/mol. The zero-order valence-electron chi connectivity index (χ0n) is 18.3. The van der Waals surface area contributed by atoms with Crippen LogP contribution in [-0.4, -0.2) is 72.6 Å². The van der Waals surface area contributed by atoms with Crippen LogP contribution in [0.3, 0.4) is 0 Å². The van der Waals surface area contributed by atoms with Gasteiger partial charge in [0.1, 0.15) is 5.69 Å². The number of carbonyl (C=O) groups excluding carboxylic acids is 1. The SMILES string of the molecule is O=C(c1ccc(NC2CCN(CC3CCCCC3)CC2)c([N+](=O)[O-])c1)N1CCOCC1. The molecular weight excluding hydrogens is 396 g/mol. The van der Waals surface area contributed by atoms with E-state index < -0.39 is 4.92 Å². The predicted molar refractivity (Wildman–Crippen MR) is 119 cm³/mol. The molecule has 2 saturated heterocycles. The summed E-state index contributed by atoms with van der Waals surface area (Å²) < 4.78 is 5.29. The van der Waals surface area contributed by atoms with Crippen molar-refractivity contribution in [3.63, 3.8) is 0 Å². The summed E-state index contributed by atoms with van der Waals surface area (Å²) in [5.74, 6) is 0.671. The number of amides is 1. The number of rotatable bonds is 6. The van der Waals surface area contributed by atoms with Crippen LogP contribution in [0.15, 0.2) is 18.2 Å². The molecule has 0 spiro atoms. The molecule has 8 nitrogen and oxygen atoms in total. The Balaban J connectivity index is 1.34. The molecule has 31 heavy (non-hydrogen) atoms. The number of benzene rings is 1. The molecule has 1 N–H and O–H groups in total. The summed E-state index contributed by atoms with van der Waals surface area (Å²) in [6, 6.07) is 5.03. The van der Waals surface area contributed by atoms with Crippen molar-refractivity contribution in [1.82, 2.24) is 9.80 Å². The van der Waals surface area contributed by atoms with E-state index in [1.807, 2.05) is 0 Å². The van der Waals surface area contributed by atoms with Crippen LogP contribution < -0.4 is 5.32 Å². The third kappa shape index (κ3) is 5.74. The number of nitrogens with zero attached hydrogens (tertiary/aromatic N) is 3. The van der Waals surface area contributed by atoms with E-state index in [-0.39, 0.29) is 17.6 Å². The van der Waals surface area contributed by atoms with Crippen LogP contribution in [0.5, 0.6) is 0 Å². The lowest BCUT2D eigenvalue weighted by Gasteiger charge is -2.35. The van der Waals surface area contributed by atoms with E-state index in [9.17, 15) is 14.9 Å². The van der Waals surface area contributed by atoms with Crippen LogP contribution in [0, 0.1) is 16.0 Å². The Morgan fingerprint density at radius 3 is 2.45 bits per heavy atom. The van der Waals surface area contributed by atoms with Crippen LogP contribution in [0.4, 0.5) is 11.4 Å². The Morgan fingerprint density at radius 2 is 1.77 bits per heavy atom. The number of hydrogen-bond donors (Lipinski definition) is 1. The second kappa shape index (κ2) is 10.4. The van der Waals surface area contributed by atoms with Crippen molar-refractivity contribution in [3.05, 3.63) is 33.9 Å². The fourth-order valence-corrected chi connectivity index (χ4v) is 5.10. The van der Waals surface area contributed by atoms with E-state index in [4.69, 9.17) is 4.74 Å². The largest absolute Gasteiger partial charge is 0.378 e. The lowest BCUT2D eigenvalue weighted by Crippen LogP contribution is -2.41. The molecule has 0 atom stereocenters. The molecule has 8 heteroatoms. The second-order valence-electron chi connectivity index (χ2n) is 9.12. The van der Waals surface area contributed by atoms with Crippen molar-refractivity contribution in [3.8, 4) is 0 Å². The third-order valence-corrected chi connectivity index (χ3v) is 6.93. The highest BCUT2D eigenvalue weighted by molar-refractivity contribution is 5.95. The third-order valence-electron chi connectivity index (χ3n) is 6.93. The Kier molecular flexibility index (Phi) is 7.40. The Bertz CT molecular complexity index is 767. The molecule has 1 amide bonds. The first-order chi connectivity index (χ1) is 15.1. The normalized spacial score (nSPS) is 21.7. The molecular formula is C23H34N4O4. The number of nitro groups is 1. The molecule has 0 radical (unpaired) electrons. The lowest BCUT2D eigenvalue weighted by molar-refractivity contribution is -0.384. The van der Waals surface area contributed by atoms with E-state index in [0.29, 0.717) is 37.6 Å². The number of hydrogen-bond acceptors (Lipinski definition) is 6. The first-order valence-electron chi connectivity index (χ1n) is 11.7. The van der Waals surface area contributed by atoms with Gasteiger partial charge in [0, 0.05) is 50.4 Å². The number of likely N-dealkylation sites (tertiary alicyclic amines) is 1. The fourth-order valence-electron chi connectivity index (χ4n) is 5.10. The van der Waals surface area contributed by atoms with Gasteiger partial charge in [0.25, 0.3) is 11.6 Å². The van der Waals surface area contributed by atoms with Gasteiger partial charge in [0.05, 0.1) is 18.1 Å². The quantitative estimate of drug-likeness (QED) is 0.549. The van der Waals surface area contributed by atoms with Crippen LogP contribution >= 0.6 is 0 Å². The van der Waals surface area contributed by atoms with Gasteiger partial charge < -0.3 is 19.9 Å². The number of piperidine rings is 1. The number of nitro benzene ring substituents is 1. The van der Waals surface area contributed by atoms with Crippen LogP contribution in [0.1, 0.15) is 55.3 Å². The van der Waals surface area contributed by atoms with Crippen LogP contribution in [0.2, 0.25) is 0 Å². The van der Waals surface area contributed by atoms with Crippen molar-refractivity contribution in [2.75, 3.05) is 51.3 Å². The van der Waals surface area contributed by atoms with Crippen molar-refractivity contribution < 1.29 is 14.5 Å². The topological polar surface area (TPSA) is 88.0 Å². The van der Waals surface area contributed by atoms with E-state index in [1.165, 1.54) is 44.7 Å². The molecule has 0 aromatic heterocycles. The minimum Gasteiger partial charge on any atom is -0.378 e. The number of nitrogens with one attached hydrogen (secondary N) is 1. The summed E-state index contributed by atoms with van der Waals surface area (Å²) in [4.78, 5) is 28.3. The molecule has 2 aliphatic heterocycles. The Labute approximate surface area is 184 Å². The lowest BCUT2D eigenvalue weighted by atomic mass is 9.88. The van der Waals surface area contributed by atoms with Gasteiger partial charge in [-0.25, -0.2) is 0 Å². The molecule has 4 rings (SSSR count). The molecule has 1 saturated carbocycles. The summed E-state index contributed by atoms with van der Waals surface area (Å²) in [5.41, 5.74) is 0.847. The smallest absolute Gasteiger partial charge is 0.293 e. The molecule has 3 aliphatic rings. The van der Waals surface area contributed by atoms with Gasteiger partial charge in [-0.3, -0.25) is 14.9 Å². The predicted octanol–water partition coefficient (Wildman–Crippen LogP) is 3.52.